The topological polar surface area (TPSA) is 50.7 Å². The molecule has 2 aromatic heterocycles. The van der Waals surface area contributed by atoms with E-state index in [0.29, 0.717) is 0 Å². The molecule has 4 nitrogen and oxygen atoms in total. The van der Waals surface area contributed by atoms with E-state index in [-0.39, 0.29) is 0 Å². The summed E-state index contributed by atoms with van der Waals surface area (Å²) in [5, 5.41) is 16.4. The molecule has 4 aromatic rings. The summed E-state index contributed by atoms with van der Waals surface area (Å²) >= 11 is 10.8. The van der Waals surface area contributed by atoms with Crippen molar-refractivity contribution in [1.29, 1.82) is 0 Å². The molecule has 142 valence electrons. The van der Waals surface area contributed by atoms with E-state index in [4.69, 9.17) is 16.6 Å². The first-order valence-electron chi connectivity index (χ1n) is 8.72. The Morgan fingerprint density at radius 1 is 1.04 bits per heavy atom. The fraction of sp³-hybridized carbons (Fsp3) is 0.150. The molecule has 0 amide bonds. The third kappa shape index (κ3) is 4.91. The molecule has 0 bridgehead atoms. The number of hydrogen-bond acceptors (Lipinski definition) is 7. The van der Waals surface area contributed by atoms with Crippen molar-refractivity contribution in [2.24, 2.45) is 0 Å². The van der Waals surface area contributed by atoms with E-state index in [1.165, 1.54) is 5.56 Å². The summed E-state index contributed by atoms with van der Waals surface area (Å²) in [4.78, 5) is 4.71. The number of nitrogens with one attached hydrogen (secondary N) is 1. The van der Waals surface area contributed by atoms with Crippen molar-refractivity contribution >= 4 is 56.9 Å². The number of anilines is 2. The van der Waals surface area contributed by atoms with Gasteiger partial charge in [-0.15, -0.1) is 21.5 Å². The number of thioether (sulfide) groups is 1. The molecule has 0 saturated heterocycles. The number of halogens is 1. The second-order valence-corrected chi connectivity index (χ2v) is 9.48. The first kappa shape index (κ1) is 19.4. The first-order valence-corrected chi connectivity index (χ1v) is 11.8. The van der Waals surface area contributed by atoms with Crippen LogP contribution in [-0.2, 0) is 12.2 Å². The Labute approximate surface area is 181 Å². The van der Waals surface area contributed by atoms with Crippen LogP contribution in [0.3, 0.4) is 0 Å². The SMILES string of the molecule is CCc1ccc(Nc2nnc(SCc3csc(-c4ccc(Cl)cc4)n3)s2)cc1. The van der Waals surface area contributed by atoms with Gasteiger partial charge in [-0.05, 0) is 36.2 Å². The van der Waals surface area contributed by atoms with Gasteiger partial charge >= 0.3 is 0 Å². The highest BCUT2D eigenvalue weighted by Crippen LogP contribution is 2.32. The number of benzene rings is 2. The molecule has 2 aromatic carbocycles. The van der Waals surface area contributed by atoms with Gasteiger partial charge in [0.1, 0.15) is 5.01 Å². The largest absolute Gasteiger partial charge is 0.330 e. The Morgan fingerprint density at radius 2 is 1.82 bits per heavy atom. The average Bonchev–Trinajstić information content (AvgIpc) is 3.37. The maximum absolute atomic E-state index is 5.95. The predicted molar refractivity (Wildman–Crippen MR) is 121 cm³/mol. The van der Waals surface area contributed by atoms with Crippen LogP contribution >= 0.6 is 46.0 Å². The minimum atomic E-state index is 0.734. The third-order valence-corrected chi connectivity index (χ3v) is 7.20. The van der Waals surface area contributed by atoms with Crippen molar-refractivity contribution in [1.82, 2.24) is 15.2 Å². The monoisotopic (exact) mass is 444 g/mol. The standard InChI is InChI=1S/C20H17ClN4S3/c1-2-13-3-9-16(10-4-13)23-19-24-25-20(28-19)27-12-17-11-26-18(22-17)14-5-7-15(21)8-6-14/h3-11H,2,12H2,1H3,(H,23,24). The molecule has 0 radical (unpaired) electrons. The first-order chi connectivity index (χ1) is 13.7. The molecule has 0 aliphatic carbocycles. The molecule has 8 heteroatoms. The Balaban J connectivity index is 1.35. The third-order valence-electron chi connectivity index (χ3n) is 4.01. The summed E-state index contributed by atoms with van der Waals surface area (Å²) in [7, 11) is 0. The van der Waals surface area contributed by atoms with Gasteiger partial charge in [0.25, 0.3) is 0 Å². The summed E-state index contributed by atoms with van der Waals surface area (Å²) in [6.45, 7) is 2.15. The fourth-order valence-electron chi connectivity index (χ4n) is 2.50. The molecule has 0 unspecified atom stereocenters. The fourth-order valence-corrected chi connectivity index (χ4v) is 5.22. The van der Waals surface area contributed by atoms with Crippen LogP contribution in [0.5, 0.6) is 0 Å². The van der Waals surface area contributed by atoms with Gasteiger partial charge in [-0.2, -0.15) is 0 Å². The van der Waals surface area contributed by atoms with Crippen molar-refractivity contribution in [2.45, 2.75) is 23.4 Å². The molecule has 28 heavy (non-hydrogen) atoms. The normalized spacial score (nSPS) is 10.9. The van der Waals surface area contributed by atoms with Crippen LogP contribution in [0.15, 0.2) is 58.3 Å². The zero-order valence-corrected chi connectivity index (χ0v) is 18.3. The van der Waals surface area contributed by atoms with Gasteiger partial charge in [0.15, 0.2) is 4.34 Å². The van der Waals surface area contributed by atoms with Crippen LogP contribution in [0.1, 0.15) is 18.2 Å². The quantitative estimate of drug-likeness (QED) is 0.314. The average molecular weight is 445 g/mol. The van der Waals surface area contributed by atoms with Crippen LogP contribution in [0.2, 0.25) is 5.02 Å². The Kier molecular flexibility index (Phi) is 6.26. The van der Waals surface area contributed by atoms with E-state index in [1.807, 2.05) is 24.3 Å². The molecular weight excluding hydrogens is 428 g/mol. The molecular formula is C20H17ClN4S3. The molecule has 0 fully saturated rings. The van der Waals surface area contributed by atoms with Crippen LogP contribution in [0.4, 0.5) is 10.8 Å². The minimum Gasteiger partial charge on any atom is -0.330 e. The summed E-state index contributed by atoms with van der Waals surface area (Å²) in [6, 6.07) is 16.2. The van der Waals surface area contributed by atoms with Crippen LogP contribution in [0.25, 0.3) is 10.6 Å². The van der Waals surface area contributed by atoms with Crippen LogP contribution in [-0.4, -0.2) is 15.2 Å². The van der Waals surface area contributed by atoms with Crippen LogP contribution < -0.4 is 5.32 Å². The van der Waals surface area contributed by atoms with Gasteiger partial charge in [0.2, 0.25) is 5.13 Å². The van der Waals surface area contributed by atoms with E-state index in [0.717, 1.165) is 48.6 Å². The summed E-state index contributed by atoms with van der Waals surface area (Å²) in [5.74, 6) is 0.768. The molecule has 4 rings (SSSR count). The highest BCUT2D eigenvalue weighted by molar-refractivity contribution is 8.00. The lowest BCUT2D eigenvalue weighted by Gasteiger charge is -2.02. The van der Waals surface area contributed by atoms with Gasteiger partial charge in [0, 0.05) is 27.4 Å². The highest BCUT2D eigenvalue weighted by atomic mass is 35.5. The van der Waals surface area contributed by atoms with Crippen molar-refractivity contribution < 1.29 is 0 Å². The van der Waals surface area contributed by atoms with E-state index in [2.05, 4.69) is 52.1 Å². The zero-order chi connectivity index (χ0) is 19.3. The van der Waals surface area contributed by atoms with Gasteiger partial charge in [-0.3, -0.25) is 0 Å². The molecule has 0 aliphatic rings. The molecule has 0 atom stereocenters. The molecule has 0 saturated carbocycles. The molecule has 0 aliphatic heterocycles. The second kappa shape index (κ2) is 9.05. The summed E-state index contributed by atoms with van der Waals surface area (Å²) in [5.41, 5.74) is 4.47. The van der Waals surface area contributed by atoms with Crippen LogP contribution in [0, 0.1) is 0 Å². The smallest absolute Gasteiger partial charge is 0.210 e. The lowest BCUT2D eigenvalue weighted by Crippen LogP contribution is -1.89. The Bertz CT molecular complexity index is 1040. The van der Waals surface area contributed by atoms with Gasteiger partial charge < -0.3 is 5.32 Å². The van der Waals surface area contributed by atoms with Crippen molar-refractivity contribution in [3.63, 3.8) is 0 Å². The number of aromatic nitrogens is 3. The number of nitrogens with zero attached hydrogens (tertiary/aromatic N) is 3. The maximum atomic E-state index is 5.95. The second-order valence-electron chi connectivity index (χ2n) is 5.99. The predicted octanol–water partition coefficient (Wildman–Crippen LogP) is 6.91. The van der Waals surface area contributed by atoms with Crippen molar-refractivity contribution in [3.05, 3.63) is 70.2 Å². The number of hydrogen-bond donors (Lipinski definition) is 1. The number of rotatable bonds is 7. The van der Waals surface area contributed by atoms with Gasteiger partial charge in [-0.25, -0.2) is 4.98 Å². The van der Waals surface area contributed by atoms with E-state index in [1.54, 1.807) is 34.4 Å². The minimum absolute atomic E-state index is 0.734. The Morgan fingerprint density at radius 3 is 2.57 bits per heavy atom. The van der Waals surface area contributed by atoms with Gasteiger partial charge in [0.05, 0.1) is 5.69 Å². The summed E-state index contributed by atoms with van der Waals surface area (Å²) in [6.07, 6.45) is 1.04. The number of thiazole rings is 1. The van der Waals surface area contributed by atoms with Crippen molar-refractivity contribution in [2.75, 3.05) is 5.32 Å². The summed E-state index contributed by atoms with van der Waals surface area (Å²) < 4.78 is 0.925. The van der Waals surface area contributed by atoms with E-state index in [9.17, 15) is 0 Å². The van der Waals surface area contributed by atoms with Crippen molar-refractivity contribution in [3.8, 4) is 10.6 Å². The number of aryl methyl sites for hydroxylation is 1. The lowest BCUT2D eigenvalue weighted by atomic mass is 10.1. The molecule has 2 heterocycles. The maximum Gasteiger partial charge on any atom is 0.210 e. The van der Waals surface area contributed by atoms with Gasteiger partial charge in [-0.1, -0.05) is 65.9 Å². The van der Waals surface area contributed by atoms with E-state index < -0.39 is 0 Å². The van der Waals surface area contributed by atoms with E-state index >= 15 is 0 Å². The zero-order valence-electron chi connectivity index (χ0n) is 15.1. The Hall–Kier alpha value is -1.93. The highest BCUT2D eigenvalue weighted by Gasteiger charge is 2.09. The molecule has 0 spiro atoms. The molecule has 1 N–H and O–H groups in total. The lowest BCUT2D eigenvalue weighted by molar-refractivity contribution is 1.01.